The molecule has 1 N–H and O–H groups in total. The van der Waals surface area contributed by atoms with E-state index in [2.05, 4.69) is 5.32 Å². The van der Waals surface area contributed by atoms with E-state index in [4.69, 9.17) is 25.8 Å². The van der Waals surface area contributed by atoms with Gasteiger partial charge in [0.05, 0.1) is 19.8 Å². The number of halogens is 1. The lowest BCUT2D eigenvalue weighted by molar-refractivity contribution is 0.177. The SMILES string of the molecule is CCOc1cc(Cl)c(C(NC)C2CCOC2)cc1OCC. The van der Waals surface area contributed by atoms with Crippen LogP contribution >= 0.6 is 11.6 Å². The van der Waals surface area contributed by atoms with Gasteiger partial charge in [-0.25, -0.2) is 0 Å². The molecule has 4 nitrogen and oxygen atoms in total. The molecule has 2 atom stereocenters. The lowest BCUT2D eigenvalue weighted by Crippen LogP contribution is -2.26. The van der Waals surface area contributed by atoms with Gasteiger partial charge in [0.25, 0.3) is 0 Å². The Hall–Kier alpha value is -0.970. The molecule has 1 aliphatic heterocycles. The van der Waals surface area contributed by atoms with Crippen molar-refractivity contribution >= 4 is 11.6 Å². The third kappa shape index (κ3) is 3.82. The summed E-state index contributed by atoms with van der Waals surface area (Å²) in [7, 11) is 1.95. The first-order valence-corrected chi connectivity index (χ1v) is 7.93. The van der Waals surface area contributed by atoms with Crippen LogP contribution in [-0.4, -0.2) is 33.5 Å². The van der Waals surface area contributed by atoms with Gasteiger partial charge in [0, 0.05) is 29.7 Å². The maximum Gasteiger partial charge on any atom is 0.162 e. The Kier molecular flexibility index (Phi) is 6.15. The molecule has 5 heteroatoms. The van der Waals surface area contributed by atoms with Crippen molar-refractivity contribution in [3.63, 3.8) is 0 Å². The minimum atomic E-state index is 0.162. The number of hydrogen-bond acceptors (Lipinski definition) is 4. The summed E-state index contributed by atoms with van der Waals surface area (Å²) in [6.45, 7) is 6.67. The van der Waals surface area contributed by atoms with Gasteiger partial charge >= 0.3 is 0 Å². The van der Waals surface area contributed by atoms with Crippen LogP contribution in [0.25, 0.3) is 0 Å². The maximum absolute atomic E-state index is 6.47. The van der Waals surface area contributed by atoms with Crippen LogP contribution in [0.4, 0.5) is 0 Å². The molecule has 1 fully saturated rings. The summed E-state index contributed by atoms with van der Waals surface area (Å²) in [5.74, 6) is 1.88. The van der Waals surface area contributed by atoms with Gasteiger partial charge in [-0.1, -0.05) is 11.6 Å². The summed E-state index contributed by atoms with van der Waals surface area (Å²) in [5, 5.41) is 4.06. The second-order valence-electron chi connectivity index (χ2n) is 5.08. The van der Waals surface area contributed by atoms with Crippen molar-refractivity contribution in [2.75, 3.05) is 33.5 Å². The molecule has 1 saturated heterocycles. The lowest BCUT2D eigenvalue weighted by Gasteiger charge is -2.24. The second-order valence-corrected chi connectivity index (χ2v) is 5.48. The average molecular weight is 314 g/mol. The topological polar surface area (TPSA) is 39.7 Å². The van der Waals surface area contributed by atoms with Crippen molar-refractivity contribution in [3.8, 4) is 11.5 Å². The molecule has 1 aromatic carbocycles. The first-order valence-electron chi connectivity index (χ1n) is 7.55. The zero-order valence-electron chi connectivity index (χ0n) is 12.9. The molecule has 0 radical (unpaired) electrons. The van der Waals surface area contributed by atoms with Crippen LogP contribution in [0.5, 0.6) is 11.5 Å². The van der Waals surface area contributed by atoms with Gasteiger partial charge in [-0.3, -0.25) is 0 Å². The molecule has 0 amide bonds. The van der Waals surface area contributed by atoms with Gasteiger partial charge < -0.3 is 19.5 Å². The van der Waals surface area contributed by atoms with Gasteiger partial charge in [-0.05, 0) is 38.9 Å². The lowest BCUT2D eigenvalue weighted by atomic mass is 9.92. The molecular weight excluding hydrogens is 290 g/mol. The monoisotopic (exact) mass is 313 g/mol. The first-order chi connectivity index (χ1) is 10.2. The molecule has 1 aromatic rings. The van der Waals surface area contributed by atoms with E-state index < -0.39 is 0 Å². The van der Waals surface area contributed by atoms with E-state index in [1.165, 1.54) is 0 Å². The molecule has 2 rings (SSSR count). The van der Waals surface area contributed by atoms with Gasteiger partial charge in [-0.2, -0.15) is 0 Å². The minimum absolute atomic E-state index is 0.162. The zero-order valence-corrected chi connectivity index (χ0v) is 13.7. The molecule has 118 valence electrons. The number of rotatable bonds is 7. The molecule has 1 heterocycles. The van der Waals surface area contributed by atoms with E-state index in [0.29, 0.717) is 29.9 Å². The molecule has 0 aromatic heterocycles. The molecule has 0 aliphatic carbocycles. The zero-order chi connectivity index (χ0) is 15.2. The predicted molar refractivity (Wildman–Crippen MR) is 84.5 cm³/mol. The number of benzene rings is 1. The van der Waals surface area contributed by atoms with Crippen molar-refractivity contribution in [3.05, 3.63) is 22.7 Å². The summed E-state index contributed by atoms with van der Waals surface area (Å²) in [4.78, 5) is 0. The van der Waals surface area contributed by atoms with Crippen LogP contribution in [0.1, 0.15) is 31.9 Å². The van der Waals surface area contributed by atoms with Gasteiger partial charge in [0.2, 0.25) is 0 Å². The Morgan fingerprint density at radius 3 is 2.48 bits per heavy atom. The Bertz CT molecular complexity index is 461. The van der Waals surface area contributed by atoms with Gasteiger partial charge in [-0.15, -0.1) is 0 Å². The van der Waals surface area contributed by atoms with Gasteiger partial charge in [0.15, 0.2) is 11.5 Å². The molecule has 1 aliphatic rings. The van der Waals surface area contributed by atoms with E-state index >= 15 is 0 Å². The van der Waals surface area contributed by atoms with E-state index in [0.717, 1.165) is 30.9 Å². The molecule has 21 heavy (non-hydrogen) atoms. The number of hydrogen-bond donors (Lipinski definition) is 1. The highest BCUT2D eigenvalue weighted by atomic mass is 35.5. The van der Waals surface area contributed by atoms with Crippen molar-refractivity contribution in [1.29, 1.82) is 0 Å². The van der Waals surface area contributed by atoms with Crippen LogP contribution in [0.3, 0.4) is 0 Å². The van der Waals surface area contributed by atoms with Crippen molar-refractivity contribution in [2.45, 2.75) is 26.3 Å². The largest absolute Gasteiger partial charge is 0.490 e. The fourth-order valence-electron chi connectivity index (χ4n) is 2.79. The molecular formula is C16H24ClNO3. The van der Waals surface area contributed by atoms with Crippen molar-refractivity contribution in [2.24, 2.45) is 5.92 Å². The van der Waals surface area contributed by atoms with Crippen LogP contribution in [0.15, 0.2) is 12.1 Å². The van der Waals surface area contributed by atoms with Crippen molar-refractivity contribution < 1.29 is 14.2 Å². The van der Waals surface area contributed by atoms with Crippen LogP contribution in [0.2, 0.25) is 5.02 Å². The summed E-state index contributed by atoms with van der Waals surface area (Å²) in [6, 6.07) is 4.01. The Morgan fingerprint density at radius 2 is 1.95 bits per heavy atom. The fourth-order valence-corrected chi connectivity index (χ4v) is 3.06. The van der Waals surface area contributed by atoms with Crippen LogP contribution in [0, 0.1) is 5.92 Å². The highest BCUT2D eigenvalue weighted by Gasteiger charge is 2.28. The summed E-state index contributed by atoms with van der Waals surface area (Å²) >= 11 is 6.47. The molecule has 0 bridgehead atoms. The highest BCUT2D eigenvalue weighted by Crippen LogP contribution is 2.39. The third-order valence-electron chi connectivity index (χ3n) is 3.75. The number of nitrogens with one attached hydrogen (secondary N) is 1. The Morgan fingerprint density at radius 1 is 1.29 bits per heavy atom. The number of ether oxygens (including phenoxy) is 3. The minimum Gasteiger partial charge on any atom is -0.490 e. The quantitative estimate of drug-likeness (QED) is 0.837. The standard InChI is InChI=1S/C16H24ClNO3/c1-4-20-14-8-12(13(17)9-15(14)21-5-2)16(18-3)11-6-7-19-10-11/h8-9,11,16,18H,4-7,10H2,1-3H3. The highest BCUT2D eigenvalue weighted by molar-refractivity contribution is 6.31. The fraction of sp³-hybridized carbons (Fsp3) is 0.625. The molecule has 0 saturated carbocycles. The van der Waals surface area contributed by atoms with Gasteiger partial charge in [0.1, 0.15) is 0 Å². The normalized spacial score (nSPS) is 19.5. The maximum atomic E-state index is 6.47. The summed E-state index contributed by atoms with van der Waals surface area (Å²) in [5.41, 5.74) is 1.04. The van der Waals surface area contributed by atoms with Crippen molar-refractivity contribution in [1.82, 2.24) is 5.32 Å². The van der Waals surface area contributed by atoms with E-state index in [1.54, 1.807) is 0 Å². The smallest absolute Gasteiger partial charge is 0.162 e. The molecule has 2 unspecified atom stereocenters. The Labute approximate surface area is 131 Å². The van der Waals surface area contributed by atoms with E-state index in [1.807, 2.05) is 33.0 Å². The third-order valence-corrected chi connectivity index (χ3v) is 4.07. The summed E-state index contributed by atoms with van der Waals surface area (Å²) < 4.78 is 16.8. The second kappa shape index (κ2) is 7.87. The summed E-state index contributed by atoms with van der Waals surface area (Å²) in [6.07, 6.45) is 1.04. The first kappa shape index (κ1) is 16.4. The van der Waals surface area contributed by atoms with E-state index in [-0.39, 0.29) is 6.04 Å². The average Bonchev–Trinajstić information content (AvgIpc) is 2.98. The molecule has 0 spiro atoms. The van der Waals surface area contributed by atoms with Crippen LogP contribution < -0.4 is 14.8 Å². The Balaban J connectivity index is 2.34. The van der Waals surface area contributed by atoms with Crippen LogP contribution in [-0.2, 0) is 4.74 Å². The predicted octanol–water partition coefficient (Wildman–Crippen LogP) is 3.43. The van der Waals surface area contributed by atoms with E-state index in [9.17, 15) is 0 Å².